The number of hydrogen-bond donors (Lipinski definition) is 1. The molecule has 0 aromatic heterocycles. The van der Waals surface area contributed by atoms with Crippen molar-refractivity contribution in [1.82, 2.24) is 9.80 Å². The Morgan fingerprint density at radius 1 is 0.905 bits per heavy atom. The van der Waals surface area contributed by atoms with Gasteiger partial charge in [-0.1, -0.05) is 0 Å². The third kappa shape index (κ3) is 6.20. The van der Waals surface area contributed by atoms with Crippen LogP contribution in [0.4, 0.5) is 0 Å². The summed E-state index contributed by atoms with van der Waals surface area (Å²) in [5.41, 5.74) is 0. The molecular weight excluding hydrogens is 268 g/mol. The molecular formula is C16H32N2O3. The van der Waals surface area contributed by atoms with E-state index in [1.807, 2.05) is 0 Å². The standard InChI is InChI=1S/C16H32N2O3/c1-20-15-13-16(14-15)21-12-10-18-8-6-17(7-9-18)5-3-2-4-11-19/h15-16,19H,2-14H2,1H3. The third-order valence-electron chi connectivity index (χ3n) is 4.74. The van der Waals surface area contributed by atoms with Crippen LogP contribution in [0.25, 0.3) is 0 Å². The van der Waals surface area contributed by atoms with Gasteiger partial charge in [0, 0.05) is 46.4 Å². The molecule has 5 heteroatoms. The molecule has 1 saturated carbocycles. The molecule has 2 aliphatic rings. The van der Waals surface area contributed by atoms with Crippen molar-refractivity contribution < 1.29 is 14.6 Å². The smallest absolute Gasteiger partial charge is 0.0625 e. The van der Waals surface area contributed by atoms with Crippen molar-refractivity contribution in [3.8, 4) is 0 Å². The maximum absolute atomic E-state index is 8.77. The van der Waals surface area contributed by atoms with Crippen LogP contribution in [-0.4, -0.2) is 86.7 Å². The van der Waals surface area contributed by atoms with E-state index in [1.165, 1.54) is 26.1 Å². The van der Waals surface area contributed by atoms with E-state index in [2.05, 4.69) is 9.80 Å². The second-order valence-corrected chi connectivity index (χ2v) is 6.29. The van der Waals surface area contributed by atoms with Gasteiger partial charge in [-0.3, -0.25) is 4.90 Å². The van der Waals surface area contributed by atoms with Gasteiger partial charge in [0.2, 0.25) is 0 Å². The van der Waals surface area contributed by atoms with Crippen LogP contribution in [0, 0.1) is 0 Å². The number of unbranched alkanes of at least 4 members (excludes halogenated alkanes) is 2. The van der Waals surface area contributed by atoms with Crippen LogP contribution in [0.3, 0.4) is 0 Å². The minimum Gasteiger partial charge on any atom is -0.396 e. The Labute approximate surface area is 129 Å². The number of methoxy groups -OCH3 is 1. The number of hydrogen-bond acceptors (Lipinski definition) is 5. The second-order valence-electron chi connectivity index (χ2n) is 6.29. The van der Waals surface area contributed by atoms with E-state index in [0.29, 0.717) is 18.8 Å². The van der Waals surface area contributed by atoms with Gasteiger partial charge in [-0.2, -0.15) is 0 Å². The average Bonchev–Trinajstić information content (AvgIpc) is 2.47. The normalized spacial score (nSPS) is 27.7. The molecule has 21 heavy (non-hydrogen) atoms. The molecule has 124 valence electrons. The topological polar surface area (TPSA) is 45.2 Å². The summed E-state index contributed by atoms with van der Waals surface area (Å²) in [5.74, 6) is 0. The highest BCUT2D eigenvalue weighted by Gasteiger charge is 2.29. The van der Waals surface area contributed by atoms with Crippen molar-refractivity contribution in [1.29, 1.82) is 0 Å². The Morgan fingerprint density at radius 2 is 1.57 bits per heavy atom. The van der Waals surface area contributed by atoms with Crippen LogP contribution in [0.5, 0.6) is 0 Å². The summed E-state index contributed by atoms with van der Waals surface area (Å²) < 4.78 is 11.1. The van der Waals surface area contributed by atoms with Crippen LogP contribution in [0.15, 0.2) is 0 Å². The molecule has 1 heterocycles. The molecule has 1 saturated heterocycles. The van der Waals surface area contributed by atoms with Gasteiger partial charge in [-0.25, -0.2) is 0 Å². The Balaban J connectivity index is 1.44. The SMILES string of the molecule is COC1CC(OCCN2CCN(CCCCCO)CC2)C1. The number of ether oxygens (including phenoxy) is 2. The summed E-state index contributed by atoms with van der Waals surface area (Å²) >= 11 is 0. The van der Waals surface area contributed by atoms with E-state index >= 15 is 0 Å². The first-order chi connectivity index (χ1) is 10.3. The molecule has 0 bridgehead atoms. The first kappa shape index (κ1) is 17.2. The van der Waals surface area contributed by atoms with Gasteiger partial charge in [0.05, 0.1) is 18.8 Å². The van der Waals surface area contributed by atoms with E-state index in [-0.39, 0.29) is 0 Å². The number of aliphatic hydroxyl groups is 1. The first-order valence-electron chi connectivity index (χ1n) is 8.51. The predicted octanol–water partition coefficient (Wildman–Crippen LogP) is 0.961. The monoisotopic (exact) mass is 300 g/mol. The molecule has 1 N–H and O–H groups in total. The third-order valence-corrected chi connectivity index (χ3v) is 4.74. The molecule has 0 unspecified atom stereocenters. The van der Waals surface area contributed by atoms with E-state index < -0.39 is 0 Å². The van der Waals surface area contributed by atoms with Gasteiger partial charge in [0.15, 0.2) is 0 Å². The summed E-state index contributed by atoms with van der Waals surface area (Å²) in [4.78, 5) is 5.06. The van der Waals surface area contributed by atoms with Gasteiger partial charge in [0.1, 0.15) is 0 Å². The van der Waals surface area contributed by atoms with Gasteiger partial charge >= 0.3 is 0 Å². The predicted molar refractivity (Wildman–Crippen MR) is 83.6 cm³/mol. The lowest BCUT2D eigenvalue weighted by atomic mass is 9.92. The molecule has 0 amide bonds. The number of nitrogens with zero attached hydrogens (tertiary/aromatic N) is 2. The summed E-state index contributed by atoms with van der Waals surface area (Å²) in [6, 6.07) is 0. The molecule has 0 atom stereocenters. The summed E-state index contributed by atoms with van der Waals surface area (Å²) in [7, 11) is 1.78. The lowest BCUT2D eigenvalue weighted by Gasteiger charge is -2.36. The lowest BCUT2D eigenvalue weighted by Crippen LogP contribution is -2.48. The van der Waals surface area contributed by atoms with Crippen molar-refractivity contribution in [3.05, 3.63) is 0 Å². The maximum atomic E-state index is 8.77. The molecule has 0 aromatic rings. The Morgan fingerprint density at radius 3 is 2.19 bits per heavy atom. The molecule has 1 aliphatic heterocycles. The van der Waals surface area contributed by atoms with Crippen LogP contribution in [0.1, 0.15) is 32.1 Å². The fourth-order valence-corrected chi connectivity index (χ4v) is 3.05. The Hall–Kier alpha value is -0.200. The zero-order valence-corrected chi connectivity index (χ0v) is 13.5. The van der Waals surface area contributed by atoms with E-state index in [1.54, 1.807) is 7.11 Å². The highest BCUT2D eigenvalue weighted by atomic mass is 16.5. The van der Waals surface area contributed by atoms with Gasteiger partial charge in [-0.05, 0) is 38.6 Å². The summed E-state index contributed by atoms with van der Waals surface area (Å²) in [5, 5.41) is 8.77. The summed E-state index contributed by atoms with van der Waals surface area (Å²) in [6.07, 6.45) is 6.31. The van der Waals surface area contributed by atoms with Gasteiger partial charge < -0.3 is 19.5 Å². The molecule has 2 rings (SSSR count). The Bertz CT molecular complexity index is 264. The lowest BCUT2D eigenvalue weighted by molar-refractivity contribution is -0.0906. The maximum Gasteiger partial charge on any atom is 0.0625 e. The fourth-order valence-electron chi connectivity index (χ4n) is 3.05. The Kier molecular flexibility index (Phi) is 7.96. The minimum absolute atomic E-state index is 0.333. The molecule has 1 aliphatic carbocycles. The van der Waals surface area contributed by atoms with Crippen molar-refractivity contribution in [2.24, 2.45) is 0 Å². The van der Waals surface area contributed by atoms with Gasteiger partial charge in [-0.15, -0.1) is 0 Å². The zero-order chi connectivity index (χ0) is 14.9. The van der Waals surface area contributed by atoms with Crippen molar-refractivity contribution in [3.63, 3.8) is 0 Å². The summed E-state index contributed by atoms with van der Waals surface area (Å²) in [6.45, 7) is 8.11. The first-order valence-corrected chi connectivity index (χ1v) is 8.51. The van der Waals surface area contributed by atoms with Crippen LogP contribution < -0.4 is 0 Å². The molecule has 0 radical (unpaired) electrons. The molecule has 5 nitrogen and oxygen atoms in total. The van der Waals surface area contributed by atoms with Crippen molar-refractivity contribution in [2.45, 2.75) is 44.3 Å². The number of piperazine rings is 1. The highest BCUT2D eigenvalue weighted by Crippen LogP contribution is 2.25. The molecule has 0 spiro atoms. The van der Waals surface area contributed by atoms with E-state index in [0.717, 1.165) is 51.9 Å². The largest absolute Gasteiger partial charge is 0.396 e. The quantitative estimate of drug-likeness (QED) is 0.609. The molecule has 0 aromatic carbocycles. The van der Waals surface area contributed by atoms with Crippen molar-refractivity contribution >= 4 is 0 Å². The van der Waals surface area contributed by atoms with Gasteiger partial charge in [0.25, 0.3) is 0 Å². The number of aliphatic hydroxyl groups excluding tert-OH is 1. The van der Waals surface area contributed by atoms with E-state index in [9.17, 15) is 0 Å². The molecule has 2 fully saturated rings. The van der Waals surface area contributed by atoms with Crippen molar-refractivity contribution in [2.75, 3.05) is 59.6 Å². The minimum atomic E-state index is 0.333. The fraction of sp³-hybridized carbons (Fsp3) is 1.00. The van der Waals surface area contributed by atoms with Crippen LogP contribution >= 0.6 is 0 Å². The second kappa shape index (κ2) is 9.74. The zero-order valence-electron chi connectivity index (χ0n) is 13.5. The van der Waals surface area contributed by atoms with Crippen LogP contribution in [0.2, 0.25) is 0 Å². The number of rotatable bonds is 10. The van der Waals surface area contributed by atoms with Crippen LogP contribution in [-0.2, 0) is 9.47 Å². The van der Waals surface area contributed by atoms with E-state index in [4.69, 9.17) is 14.6 Å². The average molecular weight is 300 g/mol. The highest BCUT2D eigenvalue weighted by molar-refractivity contribution is 4.81.